The molecule has 322 valence electrons. The molecule has 3 aliphatic rings. The Kier molecular flexibility index (Phi) is 21.2. The Hall–Kier alpha value is -3.06. The summed E-state index contributed by atoms with van der Waals surface area (Å²) >= 11 is 0. The van der Waals surface area contributed by atoms with Crippen molar-refractivity contribution in [2.24, 2.45) is 34.1 Å². The zero-order chi connectivity index (χ0) is 42.9. The molecule has 1 unspecified atom stereocenters. The van der Waals surface area contributed by atoms with Gasteiger partial charge >= 0.3 is 0 Å². The molecule has 5 rings (SSSR count). The summed E-state index contributed by atoms with van der Waals surface area (Å²) in [6.45, 7) is 31.4. The number of nitrogens with zero attached hydrogens (tertiary/aromatic N) is 2. The number of nitrogens with one attached hydrogen (secondary N) is 1. The zero-order valence-corrected chi connectivity index (χ0v) is 38.9. The van der Waals surface area contributed by atoms with Gasteiger partial charge in [0.15, 0.2) is 0 Å². The van der Waals surface area contributed by atoms with Gasteiger partial charge in [-0.15, -0.1) is 0 Å². The van der Waals surface area contributed by atoms with Gasteiger partial charge in [0, 0.05) is 35.0 Å². The molecule has 2 fully saturated rings. The molecule has 0 bridgehead atoms. The number of carbonyl (C=O) groups is 2. The monoisotopic (exact) mass is 790 g/mol. The lowest BCUT2D eigenvalue weighted by Crippen LogP contribution is -2.50. The minimum Gasteiger partial charge on any atom is -0.380 e. The molecule has 1 N–H and O–H groups in total. The van der Waals surface area contributed by atoms with E-state index in [9.17, 15) is 14.4 Å². The van der Waals surface area contributed by atoms with Crippen molar-refractivity contribution < 1.29 is 14.3 Å². The smallest absolute Gasteiger partial charge is 0.253 e. The van der Waals surface area contributed by atoms with Crippen molar-refractivity contribution in [3.63, 3.8) is 0 Å². The third-order valence-corrected chi connectivity index (χ3v) is 12.0. The number of aliphatic imine (C=N–C) groups is 1. The predicted octanol–water partition coefficient (Wildman–Crippen LogP) is 13.4. The highest BCUT2D eigenvalue weighted by atomic mass is 16.5. The van der Waals surface area contributed by atoms with Crippen LogP contribution in [0.3, 0.4) is 0 Å². The van der Waals surface area contributed by atoms with E-state index in [1.54, 1.807) is 6.92 Å². The fraction of sp³-hybridized carbons (Fsp3) is 0.720. The number of fused-ring (bicyclic) bond motifs is 1. The van der Waals surface area contributed by atoms with Crippen molar-refractivity contribution in [2.75, 3.05) is 18.1 Å². The molecular formula is C50H83N3O4. The molecule has 1 saturated carbocycles. The summed E-state index contributed by atoms with van der Waals surface area (Å²) < 4.78 is 4.93. The molecular weight excluding hydrogens is 707 g/mol. The quantitative estimate of drug-likeness (QED) is 0.171. The summed E-state index contributed by atoms with van der Waals surface area (Å²) in [5.74, 6) is 2.68. The van der Waals surface area contributed by atoms with Gasteiger partial charge in [-0.2, -0.15) is 0 Å². The number of Topliss-reactive ketones (excluding diaryl/α,β-unsaturated/α-hetero) is 1. The Labute approximate surface area is 348 Å². The number of hydrogen-bond acceptors (Lipinski definition) is 5. The number of H-pyrrole nitrogens is 1. The summed E-state index contributed by atoms with van der Waals surface area (Å²) in [4.78, 5) is 47.8. The van der Waals surface area contributed by atoms with E-state index in [2.05, 4.69) is 102 Å². The van der Waals surface area contributed by atoms with Crippen LogP contribution in [0.25, 0.3) is 11.3 Å². The molecule has 0 radical (unpaired) electrons. The average molecular weight is 790 g/mol. The van der Waals surface area contributed by atoms with Gasteiger partial charge in [-0.25, -0.2) is 0 Å². The number of anilines is 1. The van der Waals surface area contributed by atoms with Gasteiger partial charge in [-0.1, -0.05) is 141 Å². The number of ketones is 1. The fourth-order valence-electron chi connectivity index (χ4n) is 8.09. The molecule has 7 heteroatoms. The second kappa shape index (κ2) is 24.1. The summed E-state index contributed by atoms with van der Waals surface area (Å²) in [5.41, 5.74) is 5.28. The molecule has 1 saturated heterocycles. The van der Waals surface area contributed by atoms with Crippen LogP contribution in [0, 0.1) is 36.0 Å². The van der Waals surface area contributed by atoms with E-state index in [1.807, 2.05) is 33.1 Å². The van der Waals surface area contributed by atoms with Gasteiger partial charge in [0.05, 0.1) is 35.9 Å². The zero-order valence-electron chi connectivity index (χ0n) is 38.9. The minimum absolute atomic E-state index is 0.119. The molecule has 3 heterocycles. The first kappa shape index (κ1) is 50.1. The topological polar surface area (TPSA) is 91.8 Å². The maximum atomic E-state index is 14.1. The first-order chi connectivity index (χ1) is 27.0. The van der Waals surface area contributed by atoms with Gasteiger partial charge < -0.3 is 14.6 Å². The van der Waals surface area contributed by atoms with Crippen molar-refractivity contribution in [2.45, 2.75) is 192 Å². The maximum absolute atomic E-state index is 14.1. The second-order valence-corrected chi connectivity index (χ2v) is 18.5. The van der Waals surface area contributed by atoms with Crippen LogP contribution in [0.2, 0.25) is 0 Å². The maximum Gasteiger partial charge on any atom is 0.253 e. The standard InChI is InChI=1S/C30H41N3O2.C8H14O2.C8H18.C4H10/c1-6-10-21-16-23(17-21)33-27-18-22(26-19-25(31-15-9-4)20(5)28(34)32-26)11-12-24(27)30(13-7-2,14-8-3)29(33)35;1-3-6(2)8(9)7-4-10-5-7;1-5-7-8(3,4)6-2;1-4(2)3/h11-12,15,18-19,21,23H,6-10,13-14,16-17H2,1-5H3,(H,32,34);6-7H,3-5H2,1-2H3;5-7H2,1-4H3;4H,1-3H3. The Morgan fingerprint density at radius 1 is 0.947 bits per heavy atom. The average Bonchev–Trinajstić information content (AvgIpc) is 3.35. The van der Waals surface area contributed by atoms with E-state index >= 15 is 0 Å². The van der Waals surface area contributed by atoms with Crippen molar-refractivity contribution in [1.82, 2.24) is 4.98 Å². The number of benzene rings is 1. The molecule has 2 aliphatic heterocycles. The van der Waals surface area contributed by atoms with Crippen LogP contribution < -0.4 is 10.5 Å². The van der Waals surface area contributed by atoms with Gasteiger partial charge in [0.1, 0.15) is 5.78 Å². The molecule has 57 heavy (non-hydrogen) atoms. The first-order valence-corrected chi connectivity index (χ1v) is 22.9. The number of rotatable bonds is 16. The third-order valence-electron chi connectivity index (χ3n) is 12.0. The number of pyridine rings is 1. The SMILES string of the molecule is CC(C)C.CCC(C)C(=O)C1COC1.CCC=Nc1cc(-c2ccc3c(c2)N(C2CC(CCC)C2)C(=O)C3(CCC)CCC)[nH]c(=O)c1C.CCCC(C)(C)CC. The number of amides is 1. The first-order valence-electron chi connectivity index (χ1n) is 22.9. The van der Waals surface area contributed by atoms with E-state index in [0.717, 1.165) is 80.1 Å². The van der Waals surface area contributed by atoms with Gasteiger partial charge in [-0.3, -0.25) is 19.4 Å². The molecule has 1 aromatic carbocycles. The summed E-state index contributed by atoms with van der Waals surface area (Å²) in [6.07, 6.45) is 15.9. The number of carbonyl (C=O) groups excluding carboxylic acids is 2. The largest absolute Gasteiger partial charge is 0.380 e. The van der Waals surface area contributed by atoms with Crippen LogP contribution in [-0.2, 0) is 19.7 Å². The van der Waals surface area contributed by atoms with Crippen LogP contribution in [0.1, 0.15) is 185 Å². The number of ether oxygens (including phenoxy) is 1. The summed E-state index contributed by atoms with van der Waals surface area (Å²) in [6, 6.07) is 8.61. The minimum atomic E-state index is -0.426. The summed E-state index contributed by atoms with van der Waals surface area (Å²) in [7, 11) is 0. The van der Waals surface area contributed by atoms with Crippen molar-refractivity contribution >= 4 is 29.3 Å². The van der Waals surface area contributed by atoms with Gasteiger partial charge in [0.25, 0.3) is 5.56 Å². The number of hydrogen-bond donors (Lipinski definition) is 1. The lowest BCUT2D eigenvalue weighted by atomic mass is 9.73. The normalized spacial score (nSPS) is 19.0. The Bertz CT molecular complexity index is 1600. The van der Waals surface area contributed by atoms with Gasteiger partial charge in [0.2, 0.25) is 5.91 Å². The van der Waals surface area contributed by atoms with Crippen LogP contribution in [0.4, 0.5) is 11.4 Å². The van der Waals surface area contributed by atoms with Crippen LogP contribution in [0.5, 0.6) is 0 Å². The molecule has 7 nitrogen and oxygen atoms in total. The second-order valence-electron chi connectivity index (χ2n) is 18.5. The van der Waals surface area contributed by atoms with E-state index in [1.165, 1.54) is 37.7 Å². The van der Waals surface area contributed by atoms with Crippen LogP contribution in [-0.4, -0.2) is 42.1 Å². The molecule has 1 amide bonds. The van der Waals surface area contributed by atoms with Crippen molar-refractivity contribution in [3.05, 3.63) is 45.7 Å². The molecule has 2 aromatic rings. The highest BCUT2D eigenvalue weighted by Crippen LogP contribution is 2.52. The summed E-state index contributed by atoms with van der Waals surface area (Å²) in [5, 5.41) is 0. The molecule has 1 atom stereocenters. The Morgan fingerprint density at radius 3 is 2.02 bits per heavy atom. The fourth-order valence-corrected chi connectivity index (χ4v) is 8.09. The highest BCUT2D eigenvalue weighted by Gasteiger charge is 2.53. The third kappa shape index (κ3) is 13.8. The van der Waals surface area contributed by atoms with E-state index in [-0.39, 0.29) is 23.4 Å². The lowest BCUT2D eigenvalue weighted by molar-refractivity contribution is -0.140. The number of aromatic nitrogens is 1. The van der Waals surface area contributed by atoms with Crippen LogP contribution in [0.15, 0.2) is 34.1 Å². The molecule has 1 aliphatic carbocycles. The van der Waals surface area contributed by atoms with E-state index in [0.29, 0.717) is 41.6 Å². The van der Waals surface area contributed by atoms with Crippen LogP contribution >= 0.6 is 0 Å². The van der Waals surface area contributed by atoms with E-state index in [4.69, 9.17) is 4.74 Å². The molecule has 1 aromatic heterocycles. The number of aromatic amines is 1. The van der Waals surface area contributed by atoms with Gasteiger partial charge in [-0.05, 0) is 86.8 Å². The van der Waals surface area contributed by atoms with E-state index < -0.39 is 5.41 Å². The highest BCUT2D eigenvalue weighted by molar-refractivity contribution is 6.09. The predicted molar refractivity (Wildman–Crippen MR) is 244 cm³/mol. The lowest BCUT2D eigenvalue weighted by Gasteiger charge is -2.42. The van der Waals surface area contributed by atoms with Crippen molar-refractivity contribution in [1.29, 1.82) is 0 Å². The van der Waals surface area contributed by atoms with Crippen molar-refractivity contribution in [3.8, 4) is 11.3 Å². The Balaban J connectivity index is 0.000000414. The Morgan fingerprint density at radius 2 is 1.56 bits per heavy atom. The molecule has 0 spiro atoms.